The molecule has 212 valence electrons. The highest BCUT2D eigenvalue weighted by Crippen LogP contribution is 2.43. The van der Waals surface area contributed by atoms with Crippen molar-refractivity contribution in [3.8, 4) is 0 Å². The molecule has 0 saturated carbocycles. The van der Waals surface area contributed by atoms with Crippen molar-refractivity contribution in [3.63, 3.8) is 0 Å². The molecule has 1 aliphatic heterocycles. The number of ether oxygens (including phenoxy) is 3. The van der Waals surface area contributed by atoms with Crippen LogP contribution in [0.2, 0.25) is 36.3 Å². The van der Waals surface area contributed by atoms with Crippen molar-refractivity contribution in [2.75, 3.05) is 13.2 Å². The van der Waals surface area contributed by atoms with E-state index in [-0.39, 0.29) is 46.2 Å². The van der Waals surface area contributed by atoms with Gasteiger partial charge in [-0.05, 0) is 63.0 Å². The molecular weight excluding hydrogens is 488 g/mol. The van der Waals surface area contributed by atoms with Crippen LogP contribution in [0, 0.1) is 11.8 Å². The van der Waals surface area contributed by atoms with Crippen molar-refractivity contribution in [2.45, 2.75) is 137 Å². The van der Waals surface area contributed by atoms with Crippen LogP contribution in [0.1, 0.15) is 76.2 Å². The molecule has 6 nitrogen and oxygen atoms in total. The molecule has 0 radical (unpaired) electrons. The van der Waals surface area contributed by atoms with Gasteiger partial charge in [-0.25, -0.2) is 4.79 Å². The largest absolute Gasteiger partial charge is 0.463 e. The van der Waals surface area contributed by atoms with Crippen LogP contribution in [-0.4, -0.2) is 59.9 Å². The molecule has 0 unspecified atom stereocenters. The summed E-state index contributed by atoms with van der Waals surface area (Å²) < 4.78 is 31.7. The first-order valence-electron chi connectivity index (χ1n) is 13.6. The summed E-state index contributed by atoms with van der Waals surface area (Å²) in [4.78, 5) is 12.1. The van der Waals surface area contributed by atoms with Gasteiger partial charge in [-0.3, -0.25) is 0 Å². The first kappa shape index (κ1) is 33.5. The molecule has 1 heterocycles. The molecule has 0 aliphatic carbocycles. The molecule has 36 heavy (non-hydrogen) atoms. The van der Waals surface area contributed by atoms with Gasteiger partial charge < -0.3 is 23.1 Å². The summed E-state index contributed by atoms with van der Waals surface area (Å²) in [5.41, 5.74) is 0. The van der Waals surface area contributed by atoms with Gasteiger partial charge in [0.15, 0.2) is 22.4 Å². The van der Waals surface area contributed by atoms with Crippen LogP contribution >= 0.6 is 0 Å². The van der Waals surface area contributed by atoms with E-state index in [2.05, 4.69) is 81.6 Å². The Morgan fingerprint density at radius 1 is 1.00 bits per heavy atom. The minimum absolute atomic E-state index is 0.00223. The molecule has 0 bridgehead atoms. The van der Waals surface area contributed by atoms with E-state index in [9.17, 15) is 4.79 Å². The Kier molecular flexibility index (Phi) is 11.3. The highest BCUT2D eigenvalue weighted by Gasteiger charge is 2.49. The van der Waals surface area contributed by atoms with Crippen LogP contribution in [-0.2, 0) is 27.9 Å². The number of hydrogen-bond acceptors (Lipinski definition) is 6. The van der Waals surface area contributed by atoms with E-state index in [1.807, 2.05) is 26.8 Å². The van der Waals surface area contributed by atoms with Crippen molar-refractivity contribution >= 4 is 22.6 Å². The van der Waals surface area contributed by atoms with Gasteiger partial charge in [0.1, 0.15) is 6.10 Å². The van der Waals surface area contributed by atoms with E-state index >= 15 is 0 Å². The van der Waals surface area contributed by atoms with Gasteiger partial charge in [-0.1, -0.05) is 61.5 Å². The predicted octanol–water partition coefficient (Wildman–Crippen LogP) is 7.31. The maximum atomic E-state index is 12.1. The zero-order valence-electron chi connectivity index (χ0n) is 25.9. The van der Waals surface area contributed by atoms with E-state index < -0.39 is 22.4 Å². The van der Waals surface area contributed by atoms with E-state index in [0.29, 0.717) is 13.2 Å². The second-order valence-electron chi connectivity index (χ2n) is 13.9. The SMILES string of the molecule is CCOC(=O)/C=C/[C@@H](C)[C@@H](O[Si](C)(C)C(C)(C)C)[C@H](C)[C@H](O[Si](C)(C)C(C)(C)C)[C@H]1COC(C)(C)O1. The van der Waals surface area contributed by atoms with Crippen LogP contribution in [0.3, 0.4) is 0 Å². The Balaban J connectivity index is 3.48. The Morgan fingerprint density at radius 2 is 1.50 bits per heavy atom. The minimum Gasteiger partial charge on any atom is -0.463 e. The van der Waals surface area contributed by atoms with Gasteiger partial charge in [0.2, 0.25) is 0 Å². The number of esters is 1. The van der Waals surface area contributed by atoms with Crippen LogP contribution in [0.4, 0.5) is 0 Å². The van der Waals surface area contributed by atoms with Crippen LogP contribution in [0.15, 0.2) is 12.2 Å². The van der Waals surface area contributed by atoms with Crippen LogP contribution in [0.5, 0.6) is 0 Å². The normalized spacial score (nSPS) is 22.9. The highest BCUT2D eigenvalue weighted by molar-refractivity contribution is 6.74. The van der Waals surface area contributed by atoms with Crippen molar-refractivity contribution in [2.24, 2.45) is 11.8 Å². The third-order valence-corrected chi connectivity index (χ3v) is 17.2. The van der Waals surface area contributed by atoms with Gasteiger partial charge >= 0.3 is 5.97 Å². The summed E-state index contributed by atoms with van der Waals surface area (Å²) in [7, 11) is -4.28. The van der Waals surface area contributed by atoms with E-state index in [1.165, 1.54) is 6.08 Å². The fourth-order valence-corrected chi connectivity index (χ4v) is 6.71. The average molecular weight is 545 g/mol. The number of carbonyl (C=O) groups excluding carboxylic acids is 1. The van der Waals surface area contributed by atoms with Gasteiger partial charge in [0.05, 0.1) is 25.4 Å². The first-order chi connectivity index (χ1) is 16.0. The van der Waals surface area contributed by atoms with Crippen molar-refractivity contribution in [1.29, 1.82) is 0 Å². The second kappa shape index (κ2) is 12.1. The van der Waals surface area contributed by atoms with Crippen LogP contribution < -0.4 is 0 Å². The molecule has 1 aliphatic rings. The fraction of sp³-hybridized carbons (Fsp3) is 0.893. The zero-order valence-corrected chi connectivity index (χ0v) is 27.9. The lowest BCUT2D eigenvalue weighted by Gasteiger charge is -2.47. The molecule has 0 amide bonds. The summed E-state index contributed by atoms with van der Waals surface area (Å²) in [6.45, 7) is 33.5. The highest BCUT2D eigenvalue weighted by atomic mass is 28.4. The number of rotatable bonds is 11. The maximum Gasteiger partial charge on any atom is 0.330 e. The van der Waals surface area contributed by atoms with E-state index in [1.54, 1.807) is 0 Å². The quantitative estimate of drug-likeness (QED) is 0.154. The monoisotopic (exact) mass is 544 g/mol. The third-order valence-electron chi connectivity index (χ3n) is 8.25. The maximum absolute atomic E-state index is 12.1. The first-order valence-corrected chi connectivity index (χ1v) is 19.4. The summed E-state index contributed by atoms with van der Waals surface area (Å²) in [5.74, 6) is -1.01. The van der Waals surface area contributed by atoms with Crippen molar-refractivity contribution in [3.05, 3.63) is 12.2 Å². The number of carbonyl (C=O) groups is 1. The standard InChI is InChI=1S/C28H56O6Si2/c1-16-30-23(29)18-17-20(2)24(33-35(12,13)26(4,5)6)21(3)25(22-19-31-28(10,11)32-22)34-36(14,15)27(7,8)9/h17-18,20-22,24-25H,16,19H2,1-15H3/b18-17+/t20-,21+,22-,24-,25+/m1/s1. The summed E-state index contributed by atoms with van der Waals surface area (Å²) >= 11 is 0. The van der Waals surface area contributed by atoms with Gasteiger partial charge in [-0.15, -0.1) is 0 Å². The van der Waals surface area contributed by atoms with Crippen molar-refractivity contribution < 1.29 is 27.9 Å². The molecule has 1 fully saturated rings. The lowest BCUT2D eigenvalue weighted by atomic mass is 9.87. The average Bonchev–Trinajstić information content (AvgIpc) is 3.06. The molecule has 0 aromatic heterocycles. The van der Waals surface area contributed by atoms with Gasteiger partial charge in [-0.2, -0.15) is 0 Å². The lowest BCUT2D eigenvalue weighted by molar-refractivity contribution is -0.157. The Labute approximate surface area is 224 Å². The van der Waals surface area contributed by atoms with E-state index in [4.69, 9.17) is 23.1 Å². The van der Waals surface area contributed by atoms with Crippen LogP contribution in [0.25, 0.3) is 0 Å². The minimum atomic E-state index is -2.14. The van der Waals surface area contributed by atoms with Gasteiger partial charge in [0.25, 0.3) is 0 Å². The topological polar surface area (TPSA) is 63.2 Å². The summed E-state index contributed by atoms with van der Waals surface area (Å²) in [6, 6.07) is 0. The Hall–Kier alpha value is -0.516. The molecule has 5 atom stereocenters. The third kappa shape index (κ3) is 9.05. The van der Waals surface area contributed by atoms with Crippen molar-refractivity contribution in [1.82, 2.24) is 0 Å². The molecule has 1 rings (SSSR count). The molecule has 0 aromatic carbocycles. The lowest BCUT2D eigenvalue weighted by Crippen LogP contribution is -2.55. The molecule has 0 spiro atoms. The Morgan fingerprint density at radius 3 is 1.92 bits per heavy atom. The molecule has 8 heteroatoms. The summed E-state index contributed by atoms with van der Waals surface area (Å²) in [6.07, 6.45) is 2.88. The molecule has 1 saturated heterocycles. The fourth-order valence-electron chi connectivity index (χ4n) is 3.84. The van der Waals surface area contributed by atoms with E-state index in [0.717, 1.165) is 0 Å². The number of hydrogen-bond donors (Lipinski definition) is 0. The second-order valence-corrected chi connectivity index (χ2v) is 23.4. The smallest absolute Gasteiger partial charge is 0.330 e. The van der Waals surface area contributed by atoms with Gasteiger partial charge in [0, 0.05) is 12.0 Å². The Bertz CT molecular complexity index is 748. The zero-order chi connectivity index (χ0) is 28.3. The molecule has 0 N–H and O–H groups in total. The molecular formula is C28H56O6Si2. The summed E-state index contributed by atoms with van der Waals surface area (Å²) in [5, 5.41) is 0.0887. The predicted molar refractivity (Wildman–Crippen MR) is 153 cm³/mol. The molecule has 0 aromatic rings.